The van der Waals surface area contributed by atoms with Crippen LogP contribution in [0, 0.1) is 0 Å². The first-order valence-electron chi connectivity index (χ1n) is 4.00. The summed E-state index contributed by atoms with van der Waals surface area (Å²) in [6.45, 7) is 4.75. The van der Waals surface area contributed by atoms with Gasteiger partial charge in [0.05, 0.1) is 6.33 Å². The Hall–Kier alpha value is -1.05. The van der Waals surface area contributed by atoms with Crippen LogP contribution in [0.3, 0.4) is 0 Å². The van der Waals surface area contributed by atoms with Crippen molar-refractivity contribution in [3.8, 4) is 0 Å². The topological polar surface area (TPSA) is 17.8 Å². The van der Waals surface area contributed by atoms with Crippen LogP contribution in [0.15, 0.2) is 31.4 Å². The van der Waals surface area contributed by atoms with E-state index >= 15 is 0 Å². The standard InChI is InChI=1S/C9H14N2/c1-2-3-4-5-7-11-8-6-10-9-11/h2,6,8-9H,1,3-5,7H2. The molecule has 1 aromatic rings. The number of unbranched alkanes of at least 4 members (excludes halogenated alkanes) is 2. The summed E-state index contributed by atoms with van der Waals surface area (Å²) < 4.78 is 2.10. The van der Waals surface area contributed by atoms with Gasteiger partial charge in [0.2, 0.25) is 0 Å². The van der Waals surface area contributed by atoms with Crippen LogP contribution < -0.4 is 0 Å². The number of aromatic nitrogens is 2. The fourth-order valence-corrected chi connectivity index (χ4v) is 1.00. The predicted molar refractivity (Wildman–Crippen MR) is 46.3 cm³/mol. The largest absolute Gasteiger partial charge is 0.337 e. The van der Waals surface area contributed by atoms with E-state index in [0.29, 0.717) is 0 Å². The molecule has 1 aromatic heterocycles. The SMILES string of the molecule is C=CCCCCn1ccnc1. The van der Waals surface area contributed by atoms with E-state index in [1.54, 1.807) is 0 Å². The minimum Gasteiger partial charge on any atom is -0.337 e. The fourth-order valence-electron chi connectivity index (χ4n) is 1.00. The second-order valence-electron chi connectivity index (χ2n) is 2.58. The summed E-state index contributed by atoms with van der Waals surface area (Å²) in [5.41, 5.74) is 0. The van der Waals surface area contributed by atoms with Gasteiger partial charge in [0.25, 0.3) is 0 Å². The normalized spacial score (nSPS) is 9.82. The Bertz CT molecular complexity index is 189. The predicted octanol–water partition coefficient (Wildman–Crippen LogP) is 2.24. The molecule has 0 saturated heterocycles. The maximum Gasteiger partial charge on any atom is 0.0945 e. The molecule has 0 unspecified atom stereocenters. The van der Waals surface area contributed by atoms with E-state index in [2.05, 4.69) is 16.1 Å². The third kappa shape index (κ3) is 3.03. The summed E-state index contributed by atoms with van der Waals surface area (Å²) in [4.78, 5) is 3.96. The molecule has 0 bridgehead atoms. The van der Waals surface area contributed by atoms with Gasteiger partial charge < -0.3 is 4.57 Å². The second kappa shape index (κ2) is 4.72. The highest BCUT2D eigenvalue weighted by Crippen LogP contribution is 1.98. The molecule has 1 heterocycles. The van der Waals surface area contributed by atoms with E-state index in [4.69, 9.17) is 0 Å². The van der Waals surface area contributed by atoms with E-state index in [-0.39, 0.29) is 0 Å². The van der Waals surface area contributed by atoms with Gasteiger partial charge >= 0.3 is 0 Å². The minimum absolute atomic E-state index is 1.08. The molecule has 60 valence electrons. The number of hydrogen-bond donors (Lipinski definition) is 0. The summed E-state index contributed by atoms with van der Waals surface area (Å²) in [5, 5.41) is 0. The lowest BCUT2D eigenvalue weighted by molar-refractivity contribution is 0.614. The number of nitrogens with zero attached hydrogens (tertiary/aromatic N) is 2. The van der Waals surface area contributed by atoms with Crippen LogP contribution in [0.25, 0.3) is 0 Å². The number of hydrogen-bond acceptors (Lipinski definition) is 1. The van der Waals surface area contributed by atoms with Gasteiger partial charge in [-0.15, -0.1) is 6.58 Å². The molecule has 2 heteroatoms. The molecule has 0 aliphatic heterocycles. The van der Waals surface area contributed by atoms with Crippen molar-refractivity contribution in [1.82, 2.24) is 9.55 Å². The Labute approximate surface area is 67.6 Å². The summed E-state index contributed by atoms with van der Waals surface area (Å²) in [7, 11) is 0. The lowest BCUT2D eigenvalue weighted by atomic mass is 10.2. The zero-order valence-electron chi connectivity index (χ0n) is 6.74. The lowest BCUT2D eigenvalue weighted by Crippen LogP contribution is -1.93. The van der Waals surface area contributed by atoms with Gasteiger partial charge in [-0.05, 0) is 19.3 Å². The van der Waals surface area contributed by atoms with Gasteiger partial charge in [0, 0.05) is 18.9 Å². The van der Waals surface area contributed by atoms with Gasteiger partial charge in [-0.3, -0.25) is 0 Å². The molecule has 0 fully saturated rings. The molecular formula is C9H14N2. The van der Waals surface area contributed by atoms with E-state index in [0.717, 1.165) is 13.0 Å². The molecule has 0 saturated carbocycles. The molecule has 0 aliphatic carbocycles. The molecule has 0 amide bonds. The van der Waals surface area contributed by atoms with Crippen molar-refractivity contribution in [3.63, 3.8) is 0 Å². The van der Waals surface area contributed by atoms with Crippen molar-refractivity contribution in [1.29, 1.82) is 0 Å². The van der Waals surface area contributed by atoms with Crippen molar-refractivity contribution in [2.45, 2.75) is 25.8 Å². The first-order chi connectivity index (χ1) is 5.43. The monoisotopic (exact) mass is 150 g/mol. The van der Waals surface area contributed by atoms with Crippen LogP contribution >= 0.6 is 0 Å². The zero-order valence-corrected chi connectivity index (χ0v) is 6.74. The maximum atomic E-state index is 3.96. The first-order valence-corrected chi connectivity index (χ1v) is 4.00. The van der Waals surface area contributed by atoms with Gasteiger partial charge in [-0.1, -0.05) is 6.08 Å². The summed E-state index contributed by atoms with van der Waals surface area (Å²) in [5.74, 6) is 0. The second-order valence-corrected chi connectivity index (χ2v) is 2.58. The van der Waals surface area contributed by atoms with Crippen molar-refractivity contribution in [2.75, 3.05) is 0 Å². The van der Waals surface area contributed by atoms with Crippen LogP contribution in [0.5, 0.6) is 0 Å². The van der Waals surface area contributed by atoms with Crippen molar-refractivity contribution in [3.05, 3.63) is 31.4 Å². The van der Waals surface area contributed by atoms with E-state index in [9.17, 15) is 0 Å². The zero-order chi connectivity index (χ0) is 7.94. The molecule has 0 spiro atoms. The Balaban J connectivity index is 2.09. The van der Waals surface area contributed by atoms with Crippen LogP contribution in [0.2, 0.25) is 0 Å². The summed E-state index contributed by atoms with van der Waals surface area (Å²) >= 11 is 0. The average molecular weight is 150 g/mol. The van der Waals surface area contributed by atoms with Crippen LogP contribution in [0.1, 0.15) is 19.3 Å². The Morgan fingerprint density at radius 1 is 1.45 bits per heavy atom. The van der Waals surface area contributed by atoms with E-state index in [1.165, 1.54) is 12.8 Å². The molecule has 0 radical (unpaired) electrons. The van der Waals surface area contributed by atoms with Crippen molar-refractivity contribution >= 4 is 0 Å². The Morgan fingerprint density at radius 2 is 2.36 bits per heavy atom. The molecule has 0 aliphatic rings. The van der Waals surface area contributed by atoms with Crippen molar-refractivity contribution < 1.29 is 0 Å². The maximum absolute atomic E-state index is 3.96. The van der Waals surface area contributed by atoms with E-state index in [1.807, 2.05) is 24.8 Å². The highest BCUT2D eigenvalue weighted by molar-refractivity contribution is 4.74. The fraction of sp³-hybridized carbons (Fsp3) is 0.444. The third-order valence-corrected chi connectivity index (χ3v) is 1.63. The lowest BCUT2D eigenvalue weighted by Gasteiger charge is -1.98. The summed E-state index contributed by atoms with van der Waals surface area (Å²) in [6.07, 6.45) is 11.2. The van der Waals surface area contributed by atoms with Gasteiger partial charge in [0.15, 0.2) is 0 Å². The molecule has 0 N–H and O–H groups in total. The minimum atomic E-state index is 1.08. The van der Waals surface area contributed by atoms with E-state index < -0.39 is 0 Å². The van der Waals surface area contributed by atoms with Crippen LogP contribution in [-0.2, 0) is 6.54 Å². The molecule has 0 atom stereocenters. The quantitative estimate of drug-likeness (QED) is 0.465. The van der Waals surface area contributed by atoms with Gasteiger partial charge in [-0.25, -0.2) is 4.98 Å². The van der Waals surface area contributed by atoms with Crippen molar-refractivity contribution in [2.24, 2.45) is 0 Å². The highest BCUT2D eigenvalue weighted by atomic mass is 15.0. The Kier molecular flexibility index (Phi) is 3.45. The first kappa shape index (κ1) is 8.05. The Morgan fingerprint density at radius 3 is 3.00 bits per heavy atom. The molecule has 11 heavy (non-hydrogen) atoms. The van der Waals surface area contributed by atoms with Crippen LogP contribution in [0.4, 0.5) is 0 Å². The summed E-state index contributed by atoms with van der Waals surface area (Å²) in [6, 6.07) is 0. The van der Waals surface area contributed by atoms with Gasteiger partial charge in [0.1, 0.15) is 0 Å². The third-order valence-electron chi connectivity index (χ3n) is 1.63. The van der Waals surface area contributed by atoms with Gasteiger partial charge in [-0.2, -0.15) is 0 Å². The molecular weight excluding hydrogens is 136 g/mol. The number of rotatable bonds is 5. The highest BCUT2D eigenvalue weighted by Gasteiger charge is 1.88. The smallest absolute Gasteiger partial charge is 0.0945 e. The average Bonchev–Trinajstić information content (AvgIpc) is 2.50. The number of aryl methyl sites for hydroxylation is 1. The molecule has 2 nitrogen and oxygen atoms in total. The number of imidazole rings is 1. The molecule has 0 aromatic carbocycles. The van der Waals surface area contributed by atoms with Crippen LogP contribution in [-0.4, -0.2) is 9.55 Å². The molecule has 1 rings (SSSR count). The number of allylic oxidation sites excluding steroid dienone is 1.